The maximum Gasteiger partial charge on any atom is 0.261 e. The minimum Gasteiger partial charge on any atom is -0.495 e. The number of sulfonamides is 1. The lowest BCUT2D eigenvalue weighted by molar-refractivity contribution is -0.123. The maximum absolute atomic E-state index is 12.6. The highest BCUT2D eigenvalue weighted by molar-refractivity contribution is 7.92. The van der Waals surface area contributed by atoms with Crippen LogP contribution in [0, 0.1) is 0 Å². The fourth-order valence-corrected chi connectivity index (χ4v) is 4.50. The van der Waals surface area contributed by atoms with E-state index in [0.29, 0.717) is 27.2 Å². The third-order valence-corrected chi connectivity index (χ3v) is 6.68. The molecule has 11 heteroatoms. The summed E-state index contributed by atoms with van der Waals surface area (Å²) in [5.74, 6) is 0.401. The molecule has 0 aliphatic heterocycles. The predicted octanol–water partition coefficient (Wildman–Crippen LogP) is 5.15. The van der Waals surface area contributed by atoms with Crippen LogP contribution in [0.1, 0.15) is 5.56 Å². The second-order valence-electron chi connectivity index (χ2n) is 6.73. The number of anilines is 1. The number of hydrogen-bond acceptors (Lipinski definition) is 5. The summed E-state index contributed by atoms with van der Waals surface area (Å²) in [4.78, 5) is 12.1. The molecule has 3 aromatic rings. The second-order valence-corrected chi connectivity index (χ2v) is 9.66. The summed E-state index contributed by atoms with van der Waals surface area (Å²) in [6, 6.07) is 15.2. The van der Waals surface area contributed by atoms with E-state index < -0.39 is 10.0 Å². The molecule has 33 heavy (non-hydrogen) atoms. The van der Waals surface area contributed by atoms with E-state index in [2.05, 4.69) is 10.0 Å². The van der Waals surface area contributed by atoms with Gasteiger partial charge in [0.05, 0.1) is 22.7 Å². The highest BCUT2D eigenvalue weighted by atomic mass is 35.5. The first-order chi connectivity index (χ1) is 15.7. The van der Waals surface area contributed by atoms with Gasteiger partial charge in [0.2, 0.25) is 0 Å². The number of hydrogen-bond donors (Lipinski definition) is 2. The van der Waals surface area contributed by atoms with Gasteiger partial charge in [0.1, 0.15) is 11.5 Å². The van der Waals surface area contributed by atoms with Crippen LogP contribution in [0.5, 0.6) is 11.5 Å². The van der Waals surface area contributed by atoms with Gasteiger partial charge >= 0.3 is 0 Å². The number of carbonyl (C=O) groups excluding carboxylic acids is 1. The molecule has 0 heterocycles. The first-order valence-corrected chi connectivity index (χ1v) is 12.1. The molecule has 0 aliphatic carbocycles. The lowest BCUT2D eigenvalue weighted by Gasteiger charge is -2.11. The Morgan fingerprint density at radius 2 is 1.67 bits per heavy atom. The Bertz CT molecular complexity index is 1250. The van der Waals surface area contributed by atoms with Crippen LogP contribution in [0.2, 0.25) is 15.1 Å². The van der Waals surface area contributed by atoms with Gasteiger partial charge in [0.25, 0.3) is 15.9 Å². The standard InChI is InChI=1S/C22H19Cl3N2O5S/c1-31-21-9-4-16(11-20(21)25)27-33(29,30)18-7-5-17(6-8-18)32-13-22(28)26-12-14-2-3-15(23)10-19(14)24/h2-11,27H,12-13H2,1H3,(H,26,28). The summed E-state index contributed by atoms with van der Waals surface area (Å²) in [5.41, 5.74) is 1.01. The molecule has 0 fully saturated rings. The van der Waals surface area contributed by atoms with E-state index in [4.69, 9.17) is 44.3 Å². The molecule has 3 aromatic carbocycles. The van der Waals surface area contributed by atoms with Crippen molar-refractivity contribution in [2.45, 2.75) is 11.4 Å². The maximum atomic E-state index is 12.6. The number of ether oxygens (including phenoxy) is 2. The van der Waals surface area contributed by atoms with Crippen molar-refractivity contribution in [1.29, 1.82) is 0 Å². The van der Waals surface area contributed by atoms with Crippen LogP contribution < -0.4 is 19.5 Å². The molecule has 0 saturated carbocycles. The van der Waals surface area contributed by atoms with E-state index in [1.54, 1.807) is 24.3 Å². The van der Waals surface area contributed by atoms with Crippen LogP contribution in [0.4, 0.5) is 5.69 Å². The molecule has 0 saturated heterocycles. The molecular formula is C22H19Cl3N2O5S. The van der Waals surface area contributed by atoms with Crippen molar-refractivity contribution in [2.24, 2.45) is 0 Å². The van der Waals surface area contributed by atoms with E-state index in [1.807, 2.05) is 0 Å². The smallest absolute Gasteiger partial charge is 0.261 e. The third-order valence-electron chi connectivity index (χ3n) is 4.40. The van der Waals surface area contributed by atoms with Gasteiger partial charge < -0.3 is 14.8 Å². The van der Waals surface area contributed by atoms with Gasteiger partial charge in [0, 0.05) is 16.6 Å². The topological polar surface area (TPSA) is 93.7 Å². The summed E-state index contributed by atoms with van der Waals surface area (Å²) >= 11 is 18.0. The van der Waals surface area contributed by atoms with Gasteiger partial charge in [-0.3, -0.25) is 9.52 Å². The Morgan fingerprint density at radius 3 is 2.30 bits per heavy atom. The van der Waals surface area contributed by atoms with E-state index in [1.165, 1.54) is 43.5 Å². The van der Waals surface area contributed by atoms with Crippen LogP contribution in [0.15, 0.2) is 65.6 Å². The number of amides is 1. The Labute approximate surface area is 206 Å². The molecule has 0 bridgehead atoms. The molecule has 174 valence electrons. The minimum atomic E-state index is -3.85. The molecular weight excluding hydrogens is 511 g/mol. The average Bonchev–Trinajstić information content (AvgIpc) is 2.77. The van der Waals surface area contributed by atoms with Gasteiger partial charge in [-0.15, -0.1) is 0 Å². The number of halogens is 3. The van der Waals surface area contributed by atoms with Gasteiger partial charge in [-0.2, -0.15) is 0 Å². The van der Waals surface area contributed by atoms with E-state index >= 15 is 0 Å². The highest BCUT2D eigenvalue weighted by Gasteiger charge is 2.15. The first-order valence-electron chi connectivity index (χ1n) is 9.48. The van der Waals surface area contributed by atoms with Crippen molar-refractivity contribution in [1.82, 2.24) is 5.32 Å². The second kappa shape index (κ2) is 11.0. The monoisotopic (exact) mass is 528 g/mol. The molecule has 0 radical (unpaired) electrons. The zero-order valence-electron chi connectivity index (χ0n) is 17.3. The minimum absolute atomic E-state index is 0.0172. The largest absolute Gasteiger partial charge is 0.495 e. The van der Waals surface area contributed by atoms with Crippen molar-refractivity contribution in [2.75, 3.05) is 18.4 Å². The Hall–Kier alpha value is -2.65. The van der Waals surface area contributed by atoms with E-state index in [9.17, 15) is 13.2 Å². The molecule has 0 atom stereocenters. The Morgan fingerprint density at radius 1 is 0.939 bits per heavy atom. The highest BCUT2D eigenvalue weighted by Crippen LogP contribution is 2.28. The van der Waals surface area contributed by atoms with Gasteiger partial charge in [0.15, 0.2) is 6.61 Å². The molecule has 0 spiro atoms. The fourth-order valence-electron chi connectivity index (χ4n) is 2.72. The predicted molar refractivity (Wildman–Crippen MR) is 129 cm³/mol. The fraction of sp³-hybridized carbons (Fsp3) is 0.136. The van der Waals surface area contributed by atoms with Gasteiger partial charge in [-0.1, -0.05) is 40.9 Å². The SMILES string of the molecule is COc1ccc(NS(=O)(=O)c2ccc(OCC(=O)NCc3ccc(Cl)cc3Cl)cc2)cc1Cl. The third kappa shape index (κ3) is 6.91. The van der Waals surface area contributed by atoms with Crippen LogP contribution in [-0.4, -0.2) is 28.0 Å². The summed E-state index contributed by atoms with van der Waals surface area (Å²) < 4.78 is 38.1. The van der Waals surface area contributed by atoms with Gasteiger partial charge in [-0.05, 0) is 60.2 Å². The summed E-state index contributed by atoms with van der Waals surface area (Å²) in [5, 5.41) is 3.92. The van der Waals surface area contributed by atoms with Crippen molar-refractivity contribution in [3.8, 4) is 11.5 Å². The van der Waals surface area contributed by atoms with Crippen molar-refractivity contribution in [3.63, 3.8) is 0 Å². The molecule has 2 N–H and O–H groups in total. The van der Waals surface area contributed by atoms with Gasteiger partial charge in [-0.25, -0.2) is 8.42 Å². The Balaban J connectivity index is 1.54. The van der Waals surface area contributed by atoms with Crippen molar-refractivity contribution < 1.29 is 22.7 Å². The molecule has 0 aromatic heterocycles. The summed E-state index contributed by atoms with van der Waals surface area (Å²) in [6.45, 7) is -0.0314. The van der Waals surface area contributed by atoms with Crippen LogP contribution in [0.25, 0.3) is 0 Å². The summed E-state index contributed by atoms with van der Waals surface area (Å²) in [6.07, 6.45) is 0. The molecule has 7 nitrogen and oxygen atoms in total. The normalized spacial score (nSPS) is 11.0. The number of methoxy groups -OCH3 is 1. The quantitative estimate of drug-likeness (QED) is 0.400. The van der Waals surface area contributed by atoms with E-state index in [0.717, 1.165) is 5.56 Å². The Kier molecular flexibility index (Phi) is 8.31. The lowest BCUT2D eigenvalue weighted by Crippen LogP contribution is -2.28. The number of benzene rings is 3. The van der Waals surface area contributed by atoms with Crippen LogP contribution in [0.3, 0.4) is 0 Å². The summed E-state index contributed by atoms with van der Waals surface area (Å²) in [7, 11) is -2.38. The average molecular weight is 530 g/mol. The number of nitrogens with one attached hydrogen (secondary N) is 2. The first kappa shape index (κ1) is 25.0. The zero-order chi connectivity index (χ0) is 24.0. The number of carbonyl (C=O) groups is 1. The van der Waals surface area contributed by atoms with Crippen LogP contribution >= 0.6 is 34.8 Å². The van der Waals surface area contributed by atoms with Crippen LogP contribution in [-0.2, 0) is 21.4 Å². The van der Waals surface area contributed by atoms with E-state index in [-0.39, 0.29) is 29.0 Å². The van der Waals surface area contributed by atoms with Crippen molar-refractivity contribution in [3.05, 3.63) is 81.3 Å². The number of rotatable bonds is 9. The van der Waals surface area contributed by atoms with Crippen molar-refractivity contribution >= 4 is 56.4 Å². The lowest BCUT2D eigenvalue weighted by atomic mass is 10.2. The molecule has 0 unspecified atom stereocenters. The molecule has 3 rings (SSSR count). The molecule has 0 aliphatic rings. The molecule has 1 amide bonds. The zero-order valence-corrected chi connectivity index (χ0v) is 20.4.